The molecule has 0 aliphatic carbocycles. The first kappa shape index (κ1) is 24.7. The number of piperidine rings is 2. The number of anilines is 2. The molecule has 7 nitrogen and oxygen atoms in total. The third-order valence-electron chi connectivity index (χ3n) is 7.72. The Balaban J connectivity index is 1.54. The second-order valence-corrected chi connectivity index (χ2v) is 10.4. The number of hydrazine groups is 2. The number of carbonyl (C=O) groups is 2. The third-order valence-corrected chi connectivity index (χ3v) is 7.72. The minimum Gasteiger partial charge on any atom is -0.273 e. The molecular weight excluding hydrogens is 450 g/mol. The van der Waals surface area contributed by atoms with E-state index in [0.29, 0.717) is 12.1 Å². The van der Waals surface area contributed by atoms with E-state index < -0.39 is 0 Å². The van der Waals surface area contributed by atoms with Gasteiger partial charge in [-0.25, -0.2) is 25.0 Å². The van der Waals surface area contributed by atoms with Gasteiger partial charge in [-0.05, 0) is 69.9 Å². The fraction of sp³-hybridized carbons (Fsp3) is 0.483. The summed E-state index contributed by atoms with van der Waals surface area (Å²) in [6, 6.07) is 14.9. The predicted molar refractivity (Wildman–Crippen MR) is 146 cm³/mol. The number of aromatic nitrogens is 1. The molecule has 2 aliphatic rings. The molecular formula is C29H37N5O2. The molecule has 1 aromatic heterocycles. The first-order chi connectivity index (χ1) is 17.3. The maximum Gasteiger partial charge on any atom is 0.238 e. The van der Waals surface area contributed by atoms with Crippen LogP contribution in [-0.4, -0.2) is 52.0 Å². The van der Waals surface area contributed by atoms with Crippen molar-refractivity contribution in [1.29, 1.82) is 0 Å². The average molecular weight is 488 g/mol. The van der Waals surface area contributed by atoms with E-state index in [9.17, 15) is 9.59 Å². The fourth-order valence-corrected chi connectivity index (χ4v) is 5.84. The monoisotopic (exact) mass is 487 g/mol. The number of hydrogen-bond donors (Lipinski definition) is 0. The third kappa shape index (κ3) is 4.70. The van der Waals surface area contributed by atoms with Crippen molar-refractivity contribution in [2.45, 2.75) is 78.3 Å². The van der Waals surface area contributed by atoms with Gasteiger partial charge in [-0.15, -0.1) is 0 Å². The van der Waals surface area contributed by atoms with Gasteiger partial charge in [0.05, 0.1) is 22.4 Å². The summed E-state index contributed by atoms with van der Waals surface area (Å²) in [5.74, 6) is 0.0258. The number of carbonyl (C=O) groups excluding carboxylic acids is 2. The van der Waals surface area contributed by atoms with Crippen LogP contribution in [0.15, 0.2) is 42.5 Å². The Kier molecular flexibility index (Phi) is 6.95. The topological polar surface area (TPSA) is 60.0 Å². The van der Waals surface area contributed by atoms with Gasteiger partial charge in [0.2, 0.25) is 11.8 Å². The van der Waals surface area contributed by atoms with Crippen LogP contribution in [-0.2, 0) is 9.59 Å². The Morgan fingerprint density at radius 3 is 1.56 bits per heavy atom. The summed E-state index contributed by atoms with van der Waals surface area (Å²) in [4.78, 5) is 30.4. The average Bonchev–Trinajstić information content (AvgIpc) is 2.85. The Morgan fingerprint density at radius 1 is 0.722 bits per heavy atom. The Bertz CT molecular complexity index is 1200. The molecule has 2 saturated heterocycles. The molecule has 3 heterocycles. The highest BCUT2D eigenvalue weighted by Gasteiger charge is 2.29. The maximum atomic E-state index is 12.7. The highest BCUT2D eigenvalue weighted by molar-refractivity contribution is 5.99. The predicted octanol–water partition coefficient (Wildman–Crippen LogP) is 5.67. The second-order valence-electron chi connectivity index (χ2n) is 10.4. The van der Waals surface area contributed by atoms with Crippen molar-refractivity contribution in [3.05, 3.63) is 42.5 Å². The van der Waals surface area contributed by atoms with Crippen molar-refractivity contribution in [3.8, 4) is 0 Å². The summed E-state index contributed by atoms with van der Waals surface area (Å²) in [7, 11) is 0. The van der Waals surface area contributed by atoms with Gasteiger partial charge in [0.25, 0.3) is 0 Å². The van der Waals surface area contributed by atoms with Crippen LogP contribution in [0.1, 0.15) is 66.2 Å². The molecule has 7 heteroatoms. The zero-order chi connectivity index (χ0) is 25.4. The van der Waals surface area contributed by atoms with E-state index in [4.69, 9.17) is 4.98 Å². The minimum absolute atomic E-state index is 0.0129. The number of benzene rings is 2. The van der Waals surface area contributed by atoms with E-state index >= 15 is 0 Å². The summed E-state index contributed by atoms with van der Waals surface area (Å²) >= 11 is 0. The first-order valence-electron chi connectivity index (χ1n) is 13.3. The van der Waals surface area contributed by atoms with E-state index in [1.54, 1.807) is 13.8 Å². The molecule has 2 fully saturated rings. The van der Waals surface area contributed by atoms with Crippen molar-refractivity contribution in [2.24, 2.45) is 0 Å². The second kappa shape index (κ2) is 10.1. The molecule has 2 atom stereocenters. The van der Waals surface area contributed by atoms with Crippen LogP contribution in [0.4, 0.5) is 11.4 Å². The Morgan fingerprint density at radius 2 is 1.17 bits per heavy atom. The molecule has 5 rings (SSSR count). The van der Waals surface area contributed by atoms with Gasteiger partial charge < -0.3 is 0 Å². The van der Waals surface area contributed by atoms with Crippen molar-refractivity contribution in [3.63, 3.8) is 0 Å². The normalized spacial score (nSPS) is 21.6. The Labute approximate surface area is 213 Å². The summed E-state index contributed by atoms with van der Waals surface area (Å²) in [6.07, 6.45) is 6.76. The van der Waals surface area contributed by atoms with Crippen LogP contribution in [0.5, 0.6) is 0 Å². The molecule has 2 amide bonds. The van der Waals surface area contributed by atoms with Crippen molar-refractivity contribution >= 4 is 45.0 Å². The summed E-state index contributed by atoms with van der Waals surface area (Å²) in [5.41, 5.74) is 3.38. The number of hydrogen-bond acceptors (Lipinski definition) is 5. The number of pyridine rings is 1. The van der Waals surface area contributed by atoms with E-state index in [1.165, 1.54) is 12.8 Å². The molecule has 0 bridgehead atoms. The molecule has 190 valence electrons. The smallest absolute Gasteiger partial charge is 0.238 e. The zero-order valence-corrected chi connectivity index (χ0v) is 21.9. The van der Waals surface area contributed by atoms with E-state index in [-0.39, 0.29) is 11.8 Å². The lowest BCUT2D eigenvalue weighted by Crippen LogP contribution is -2.52. The highest BCUT2D eigenvalue weighted by Crippen LogP contribution is 2.31. The number of amides is 2. The number of nitrogens with zero attached hydrogens (tertiary/aromatic N) is 5. The van der Waals surface area contributed by atoms with Crippen LogP contribution in [0.25, 0.3) is 21.8 Å². The van der Waals surface area contributed by atoms with Gasteiger partial charge >= 0.3 is 0 Å². The zero-order valence-electron chi connectivity index (χ0n) is 21.9. The minimum atomic E-state index is 0.0129. The first-order valence-corrected chi connectivity index (χ1v) is 13.3. The summed E-state index contributed by atoms with van der Waals surface area (Å²) in [5, 5.41) is 10.1. The number of rotatable bonds is 4. The lowest BCUT2D eigenvalue weighted by molar-refractivity contribution is -0.121. The van der Waals surface area contributed by atoms with Gasteiger partial charge in [-0.2, -0.15) is 0 Å². The van der Waals surface area contributed by atoms with Gasteiger partial charge in [0.1, 0.15) is 0 Å². The van der Waals surface area contributed by atoms with Crippen LogP contribution in [0, 0.1) is 0 Å². The van der Waals surface area contributed by atoms with E-state index in [0.717, 1.165) is 72.0 Å². The largest absolute Gasteiger partial charge is 0.273 e. The van der Waals surface area contributed by atoms with Gasteiger partial charge in [0, 0.05) is 49.8 Å². The van der Waals surface area contributed by atoms with Crippen molar-refractivity contribution in [1.82, 2.24) is 15.0 Å². The molecule has 0 radical (unpaired) electrons. The van der Waals surface area contributed by atoms with Crippen molar-refractivity contribution in [2.75, 3.05) is 23.1 Å². The molecule has 36 heavy (non-hydrogen) atoms. The summed E-state index contributed by atoms with van der Waals surface area (Å²) < 4.78 is 0. The lowest BCUT2D eigenvalue weighted by atomic mass is 10.1. The Hall–Kier alpha value is -3.03. The summed E-state index contributed by atoms with van der Waals surface area (Å²) in [6.45, 7) is 9.39. The molecule has 2 aromatic carbocycles. The quantitative estimate of drug-likeness (QED) is 0.444. The van der Waals surface area contributed by atoms with Crippen LogP contribution >= 0.6 is 0 Å². The van der Waals surface area contributed by atoms with Crippen LogP contribution < -0.4 is 10.0 Å². The van der Waals surface area contributed by atoms with E-state index in [2.05, 4.69) is 29.9 Å². The maximum absolute atomic E-state index is 12.7. The number of fused-ring (bicyclic) bond motifs is 2. The molecule has 0 spiro atoms. The van der Waals surface area contributed by atoms with Gasteiger partial charge in [0.15, 0.2) is 0 Å². The van der Waals surface area contributed by atoms with Gasteiger partial charge in [-0.3, -0.25) is 9.59 Å². The standard InChI is InChI=1S/C29H37N5O2/c1-20-9-5-7-15-31(20)33(22(3)35)26-13-11-24-17-25-12-14-27(19-29(25)30-28(24)18-26)34(23(4)36)32-16-8-6-10-21(32)2/h11-14,17-21H,5-10,15-16H2,1-4H3. The molecule has 2 unspecified atom stereocenters. The van der Waals surface area contributed by atoms with Gasteiger partial charge in [-0.1, -0.05) is 25.0 Å². The molecule has 0 N–H and O–H groups in total. The molecule has 3 aromatic rings. The lowest BCUT2D eigenvalue weighted by Gasteiger charge is -2.41. The van der Waals surface area contributed by atoms with Crippen LogP contribution in [0.2, 0.25) is 0 Å². The van der Waals surface area contributed by atoms with Crippen molar-refractivity contribution < 1.29 is 9.59 Å². The fourth-order valence-electron chi connectivity index (χ4n) is 5.84. The van der Waals surface area contributed by atoms with Crippen LogP contribution in [0.3, 0.4) is 0 Å². The molecule has 0 saturated carbocycles. The highest BCUT2D eigenvalue weighted by atomic mass is 16.2. The van der Waals surface area contributed by atoms with E-state index in [1.807, 2.05) is 46.4 Å². The molecule has 2 aliphatic heterocycles. The SMILES string of the molecule is CC(=O)N(c1ccc2cc3ccc(N(C(C)=O)N4CCCCC4C)cc3nc2c1)N1CCCCC1C.